The van der Waals surface area contributed by atoms with Crippen LogP contribution in [0.5, 0.6) is 5.75 Å². The number of carbonyl (C=O) groups is 2. The van der Waals surface area contributed by atoms with Crippen LogP contribution in [0.4, 0.5) is 0 Å². The number of thiophene rings is 1. The minimum Gasteiger partial charge on any atom is -0.495 e. The zero-order valence-electron chi connectivity index (χ0n) is 12.3. The van der Waals surface area contributed by atoms with Crippen molar-refractivity contribution in [2.75, 3.05) is 7.11 Å². The second-order valence-corrected chi connectivity index (χ2v) is 7.58. The Bertz CT molecular complexity index is 773. The SMILES string of the molecule is COc1cc(C(=O)N2Cc3ccccc3CC2C(=O)O)sc1Br. The summed E-state index contributed by atoms with van der Waals surface area (Å²) >= 11 is 4.59. The van der Waals surface area contributed by atoms with Gasteiger partial charge in [0.25, 0.3) is 5.91 Å². The van der Waals surface area contributed by atoms with E-state index in [1.165, 1.54) is 23.3 Å². The number of rotatable bonds is 3. The maximum absolute atomic E-state index is 12.8. The van der Waals surface area contributed by atoms with Gasteiger partial charge in [0.05, 0.1) is 12.0 Å². The van der Waals surface area contributed by atoms with Crippen LogP contribution < -0.4 is 4.74 Å². The molecule has 1 N–H and O–H groups in total. The Kier molecular flexibility index (Phi) is 4.41. The number of benzene rings is 1. The van der Waals surface area contributed by atoms with E-state index in [9.17, 15) is 14.7 Å². The van der Waals surface area contributed by atoms with Crippen LogP contribution in [-0.4, -0.2) is 35.0 Å². The minimum absolute atomic E-state index is 0.291. The van der Waals surface area contributed by atoms with Gasteiger partial charge >= 0.3 is 5.97 Å². The largest absolute Gasteiger partial charge is 0.495 e. The molecule has 0 radical (unpaired) electrons. The van der Waals surface area contributed by atoms with E-state index in [1.807, 2.05) is 24.3 Å². The number of fused-ring (bicyclic) bond motifs is 1. The molecule has 0 fully saturated rings. The van der Waals surface area contributed by atoms with Gasteiger partial charge in [-0.15, -0.1) is 11.3 Å². The van der Waals surface area contributed by atoms with E-state index in [2.05, 4.69) is 15.9 Å². The summed E-state index contributed by atoms with van der Waals surface area (Å²) in [5.41, 5.74) is 1.97. The average molecular weight is 396 g/mol. The van der Waals surface area contributed by atoms with Gasteiger partial charge in [-0.2, -0.15) is 0 Å². The van der Waals surface area contributed by atoms with Crippen molar-refractivity contribution in [3.05, 3.63) is 50.1 Å². The molecule has 5 nitrogen and oxygen atoms in total. The van der Waals surface area contributed by atoms with Crippen LogP contribution in [0.1, 0.15) is 20.8 Å². The Morgan fingerprint density at radius 3 is 2.65 bits per heavy atom. The predicted molar refractivity (Wildman–Crippen MR) is 90.0 cm³/mol. The van der Waals surface area contributed by atoms with Gasteiger partial charge in [0.15, 0.2) is 0 Å². The number of hydrogen-bond acceptors (Lipinski definition) is 4. The maximum atomic E-state index is 12.8. The van der Waals surface area contributed by atoms with Crippen LogP contribution in [0.3, 0.4) is 0 Å². The summed E-state index contributed by atoms with van der Waals surface area (Å²) in [4.78, 5) is 26.3. The lowest BCUT2D eigenvalue weighted by Gasteiger charge is -2.34. The molecule has 1 aromatic carbocycles. The normalized spacial score (nSPS) is 16.8. The van der Waals surface area contributed by atoms with Gasteiger partial charge in [-0.25, -0.2) is 4.79 Å². The number of carboxylic acids is 1. The highest BCUT2D eigenvalue weighted by molar-refractivity contribution is 9.11. The zero-order chi connectivity index (χ0) is 16.6. The first-order valence-electron chi connectivity index (χ1n) is 6.95. The number of nitrogens with zero attached hydrogens (tertiary/aromatic N) is 1. The number of hydrogen-bond donors (Lipinski definition) is 1. The quantitative estimate of drug-likeness (QED) is 0.866. The fourth-order valence-electron chi connectivity index (χ4n) is 2.70. The first kappa shape index (κ1) is 16.0. The fourth-order valence-corrected chi connectivity index (χ4v) is 4.30. The number of halogens is 1. The van der Waals surface area contributed by atoms with E-state index in [-0.39, 0.29) is 5.91 Å². The van der Waals surface area contributed by atoms with Gasteiger partial charge in [-0.1, -0.05) is 24.3 Å². The Hall–Kier alpha value is -1.86. The predicted octanol–water partition coefficient (Wildman–Crippen LogP) is 3.17. The number of carboxylic acid groups (broad SMARTS) is 1. The summed E-state index contributed by atoms with van der Waals surface area (Å²) in [6, 6.07) is 8.40. The third-order valence-electron chi connectivity index (χ3n) is 3.88. The zero-order valence-corrected chi connectivity index (χ0v) is 14.7. The highest BCUT2D eigenvalue weighted by Crippen LogP contribution is 2.36. The molecule has 7 heteroatoms. The molecule has 23 heavy (non-hydrogen) atoms. The second kappa shape index (κ2) is 6.33. The monoisotopic (exact) mass is 395 g/mol. The summed E-state index contributed by atoms with van der Waals surface area (Å²) < 4.78 is 5.89. The Balaban J connectivity index is 1.95. The van der Waals surface area contributed by atoms with Crippen molar-refractivity contribution in [1.29, 1.82) is 0 Å². The van der Waals surface area contributed by atoms with Crippen LogP contribution in [0.25, 0.3) is 0 Å². The van der Waals surface area contributed by atoms with E-state index >= 15 is 0 Å². The Labute approximate surface area is 145 Å². The van der Waals surface area contributed by atoms with Crippen molar-refractivity contribution in [2.24, 2.45) is 0 Å². The molecule has 1 aliphatic heterocycles. The van der Waals surface area contributed by atoms with Crippen molar-refractivity contribution >= 4 is 39.1 Å². The van der Waals surface area contributed by atoms with Gasteiger partial charge in [-0.05, 0) is 27.1 Å². The maximum Gasteiger partial charge on any atom is 0.326 e. The van der Waals surface area contributed by atoms with Gasteiger partial charge in [0.1, 0.15) is 15.6 Å². The van der Waals surface area contributed by atoms with Crippen LogP contribution in [0.2, 0.25) is 0 Å². The first-order valence-corrected chi connectivity index (χ1v) is 8.56. The lowest BCUT2D eigenvalue weighted by molar-refractivity contribution is -0.142. The molecule has 1 amide bonds. The van der Waals surface area contributed by atoms with Crippen LogP contribution >= 0.6 is 27.3 Å². The average Bonchev–Trinajstić information content (AvgIpc) is 2.93. The molecular weight excluding hydrogens is 382 g/mol. The Morgan fingerprint density at radius 2 is 2.04 bits per heavy atom. The van der Waals surface area contributed by atoms with E-state index in [1.54, 1.807) is 6.07 Å². The molecule has 0 saturated carbocycles. The standard InChI is InChI=1S/C16H14BrNO4S/c1-22-12-7-13(23-14(12)17)15(19)18-8-10-5-3-2-4-9(10)6-11(18)16(20)21/h2-5,7,11H,6,8H2,1H3,(H,20,21). The number of methoxy groups -OCH3 is 1. The molecule has 1 unspecified atom stereocenters. The van der Waals surface area contributed by atoms with Crippen molar-refractivity contribution in [3.8, 4) is 5.75 Å². The van der Waals surface area contributed by atoms with Gasteiger partial charge in [0, 0.05) is 19.0 Å². The number of aliphatic carboxylic acids is 1. The highest BCUT2D eigenvalue weighted by atomic mass is 79.9. The fraction of sp³-hybridized carbons (Fsp3) is 0.250. The third kappa shape index (κ3) is 2.98. The topological polar surface area (TPSA) is 66.8 Å². The first-order chi connectivity index (χ1) is 11.0. The molecule has 3 rings (SSSR count). The van der Waals surface area contributed by atoms with Crippen molar-refractivity contribution < 1.29 is 19.4 Å². The van der Waals surface area contributed by atoms with E-state index in [0.717, 1.165) is 11.1 Å². The Morgan fingerprint density at radius 1 is 1.35 bits per heavy atom. The molecule has 0 bridgehead atoms. The van der Waals surface area contributed by atoms with E-state index in [4.69, 9.17) is 4.74 Å². The molecule has 0 spiro atoms. The summed E-state index contributed by atoms with van der Waals surface area (Å²) in [5.74, 6) is -0.709. The molecule has 0 aliphatic carbocycles. The molecule has 2 aromatic rings. The molecule has 0 saturated heterocycles. The van der Waals surface area contributed by atoms with Crippen LogP contribution in [0, 0.1) is 0 Å². The van der Waals surface area contributed by atoms with Crippen LogP contribution in [0.15, 0.2) is 34.1 Å². The molecule has 1 atom stereocenters. The molecule has 1 aromatic heterocycles. The van der Waals surface area contributed by atoms with Gasteiger partial charge < -0.3 is 14.7 Å². The summed E-state index contributed by atoms with van der Waals surface area (Å²) in [7, 11) is 1.53. The van der Waals surface area contributed by atoms with Crippen LogP contribution in [-0.2, 0) is 17.8 Å². The van der Waals surface area contributed by atoms with Crippen molar-refractivity contribution in [1.82, 2.24) is 4.90 Å². The van der Waals surface area contributed by atoms with E-state index < -0.39 is 12.0 Å². The summed E-state index contributed by atoms with van der Waals surface area (Å²) in [6.07, 6.45) is 0.320. The lowest BCUT2D eigenvalue weighted by Crippen LogP contribution is -2.48. The van der Waals surface area contributed by atoms with E-state index in [0.29, 0.717) is 27.4 Å². The third-order valence-corrected chi connectivity index (χ3v) is 5.65. The molecule has 1 aliphatic rings. The smallest absolute Gasteiger partial charge is 0.326 e. The molecule has 120 valence electrons. The second-order valence-electron chi connectivity index (χ2n) is 5.21. The molecule has 2 heterocycles. The number of amides is 1. The lowest BCUT2D eigenvalue weighted by atomic mass is 9.94. The van der Waals surface area contributed by atoms with Gasteiger partial charge in [0.2, 0.25) is 0 Å². The molecular formula is C16H14BrNO4S. The number of carbonyl (C=O) groups excluding carboxylic acids is 1. The summed E-state index contributed by atoms with van der Waals surface area (Å²) in [5, 5.41) is 9.51. The number of ether oxygens (including phenoxy) is 1. The highest BCUT2D eigenvalue weighted by Gasteiger charge is 2.35. The summed E-state index contributed by atoms with van der Waals surface area (Å²) in [6.45, 7) is 0.295. The van der Waals surface area contributed by atoms with Gasteiger partial charge in [-0.3, -0.25) is 4.79 Å². The van der Waals surface area contributed by atoms with Crippen molar-refractivity contribution in [3.63, 3.8) is 0 Å². The minimum atomic E-state index is -0.990. The van der Waals surface area contributed by atoms with Crippen molar-refractivity contribution in [2.45, 2.75) is 19.0 Å².